The Morgan fingerprint density at radius 2 is 1.80 bits per heavy atom. The molecule has 0 spiro atoms. The third-order valence-corrected chi connectivity index (χ3v) is 7.82. The topological polar surface area (TPSA) is 109 Å². The third kappa shape index (κ3) is 7.05. The van der Waals surface area contributed by atoms with Crippen LogP contribution in [0.25, 0.3) is 0 Å². The lowest BCUT2D eigenvalue weighted by Crippen LogP contribution is -2.48. The molecule has 0 saturated heterocycles. The number of thiol groups is 1. The van der Waals surface area contributed by atoms with Gasteiger partial charge in [0.25, 0.3) is 0 Å². The SMILES string of the molecule is C=CC(=O)NC1CCCCC1Nc1ncc2c(n1)N(C)C(=O)N(c1c(Cl)c(OC)cc(OC)c1Cl)C2.CCCS. The predicted octanol–water partition coefficient (Wildman–Crippen LogP) is 5.73. The number of fused-ring (bicyclic) bond motifs is 1. The zero-order valence-electron chi connectivity index (χ0n) is 23.2. The molecule has 3 amide bonds. The van der Waals surface area contributed by atoms with Gasteiger partial charge >= 0.3 is 6.03 Å². The van der Waals surface area contributed by atoms with E-state index in [1.54, 1.807) is 19.3 Å². The summed E-state index contributed by atoms with van der Waals surface area (Å²) in [6.45, 7) is 5.78. The second-order valence-electron chi connectivity index (χ2n) is 9.31. The lowest BCUT2D eigenvalue weighted by Gasteiger charge is -2.36. The van der Waals surface area contributed by atoms with Crippen LogP contribution in [0.4, 0.5) is 22.2 Å². The van der Waals surface area contributed by atoms with Gasteiger partial charge in [0, 0.05) is 37.0 Å². The van der Waals surface area contributed by atoms with Crippen molar-refractivity contribution in [3.05, 3.63) is 40.5 Å². The average Bonchev–Trinajstić information content (AvgIpc) is 2.97. The monoisotopic (exact) mass is 610 g/mol. The van der Waals surface area contributed by atoms with Crippen LogP contribution in [-0.4, -0.2) is 61.0 Å². The van der Waals surface area contributed by atoms with Gasteiger partial charge in [-0.15, -0.1) is 0 Å². The fraction of sp³-hybridized carbons (Fsp3) is 0.481. The molecule has 1 aliphatic heterocycles. The van der Waals surface area contributed by atoms with Crippen LogP contribution >= 0.6 is 35.8 Å². The van der Waals surface area contributed by atoms with Gasteiger partial charge in [-0.25, -0.2) is 9.78 Å². The van der Waals surface area contributed by atoms with Crippen LogP contribution in [0.1, 0.15) is 44.6 Å². The number of rotatable bonds is 8. The van der Waals surface area contributed by atoms with E-state index in [4.69, 9.17) is 32.7 Å². The fourth-order valence-electron chi connectivity index (χ4n) is 4.55. The molecule has 2 N–H and O–H groups in total. The summed E-state index contributed by atoms with van der Waals surface area (Å²) in [5, 5.41) is 6.70. The maximum atomic E-state index is 13.4. The molecule has 1 aromatic heterocycles. The highest BCUT2D eigenvalue weighted by Crippen LogP contribution is 2.47. The van der Waals surface area contributed by atoms with Crippen molar-refractivity contribution >= 4 is 65.2 Å². The molecular formula is C27H36Cl2N6O4S. The van der Waals surface area contributed by atoms with E-state index in [0.29, 0.717) is 28.8 Å². The number of nitrogens with zero attached hydrogens (tertiary/aromatic N) is 4. The average molecular weight is 612 g/mol. The van der Waals surface area contributed by atoms with Gasteiger partial charge in [0.2, 0.25) is 11.9 Å². The molecule has 10 nitrogen and oxygen atoms in total. The Labute approximate surface area is 250 Å². The summed E-state index contributed by atoms with van der Waals surface area (Å²) < 4.78 is 10.7. The smallest absolute Gasteiger partial charge is 0.330 e. The lowest BCUT2D eigenvalue weighted by molar-refractivity contribution is -0.117. The number of aromatic nitrogens is 2. The number of nitrogens with one attached hydrogen (secondary N) is 2. The quantitative estimate of drug-likeness (QED) is 0.259. The molecule has 218 valence electrons. The lowest BCUT2D eigenvalue weighted by atomic mass is 9.90. The molecule has 1 fully saturated rings. The molecule has 4 rings (SSSR count). The standard InChI is InChI=1S/C24H28Cl2N6O4.C3H8S/c1-5-18(33)28-14-8-6-7-9-15(14)29-23-27-11-13-12-32(24(34)31(2)22(13)30-23)21-19(25)16(35-3)10-17(36-4)20(21)26;1-2-3-4/h5,10-11,14-15H,1,6-9,12H2,2-4H3,(H,28,33)(H,27,29,30);4H,2-3H2,1H3. The first-order valence-electron chi connectivity index (χ1n) is 13.0. The highest BCUT2D eigenvalue weighted by Gasteiger charge is 2.35. The van der Waals surface area contributed by atoms with E-state index in [1.807, 2.05) is 0 Å². The minimum atomic E-state index is -0.375. The van der Waals surface area contributed by atoms with E-state index in [-0.39, 0.29) is 46.3 Å². The van der Waals surface area contributed by atoms with Gasteiger partial charge in [0.05, 0.1) is 26.5 Å². The number of hydrogen-bond acceptors (Lipinski definition) is 8. The second kappa shape index (κ2) is 14.7. The first-order chi connectivity index (χ1) is 19.2. The van der Waals surface area contributed by atoms with E-state index in [1.165, 1.54) is 36.5 Å². The summed E-state index contributed by atoms with van der Waals surface area (Å²) in [7, 11) is 4.57. The molecule has 1 aromatic carbocycles. The molecule has 0 radical (unpaired) electrons. The largest absolute Gasteiger partial charge is 0.495 e. The fourth-order valence-corrected chi connectivity index (χ4v) is 5.25. The number of methoxy groups -OCH3 is 2. The third-order valence-electron chi connectivity index (χ3n) is 6.64. The summed E-state index contributed by atoms with van der Waals surface area (Å²) in [6.07, 6.45) is 7.88. The van der Waals surface area contributed by atoms with Crippen molar-refractivity contribution in [1.82, 2.24) is 15.3 Å². The highest BCUT2D eigenvalue weighted by atomic mass is 35.5. The molecule has 2 unspecified atom stereocenters. The van der Waals surface area contributed by atoms with Crippen LogP contribution in [0.5, 0.6) is 11.5 Å². The number of halogens is 2. The van der Waals surface area contributed by atoms with Crippen LogP contribution in [0, 0.1) is 0 Å². The van der Waals surface area contributed by atoms with E-state index in [0.717, 1.165) is 31.4 Å². The van der Waals surface area contributed by atoms with Crippen LogP contribution < -0.4 is 29.9 Å². The zero-order valence-corrected chi connectivity index (χ0v) is 25.6. The Kier molecular flexibility index (Phi) is 11.6. The van der Waals surface area contributed by atoms with Crippen LogP contribution in [0.2, 0.25) is 10.0 Å². The van der Waals surface area contributed by atoms with Gasteiger partial charge in [-0.2, -0.15) is 17.6 Å². The van der Waals surface area contributed by atoms with Crippen molar-refractivity contribution in [1.29, 1.82) is 0 Å². The van der Waals surface area contributed by atoms with Crippen molar-refractivity contribution in [2.75, 3.05) is 42.1 Å². The van der Waals surface area contributed by atoms with E-state index < -0.39 is 0 Å². The van der Waals surface area contributed by atoms with Crippen LogP contribution in [0.3, 0.4) is 0 Å². The minimum absolute atomic E-state index is 0.0383. The molecule has 2 aliphatic rings. The van der Waals surface area contributed by atoms with Gasteiger partial charge < -0.3 is 20.1 Å². The van der Waals surface area contributed by atoms with E-state index in [2.05, 4.69) is 46.7 Å². The number of benzene rings is 1. The summed E-state index contributed by atoms with van der Waals surface area (Å²) in [4.78, 5) is 37.2. The summed E-state index contributed by atoms with van der Waals surface area (Å²) in [5.74, 6) is 2.31. The van der Waals surface area contributed by atoms with Crippen LogP contribution in [0.15, 0.2) is 24.9 Å². The van der Waals surface area contributed by atoms with Gasteiger partial charge in [0.1, 0.15) is 27.4 Å². The van der Waals surface area contributed by atoms with Gasteiger partial charge in [-0.1, -0.05) is 49.5 Å². The molecule has 1 saturated carbocycles. The molecular weight excluding hydrogens is 575 g/mol. The summed E-state index contributed by atoms with van der Waals surface area (Å²) >= 11 is 17.0. The molecule has 13 heteroatoms. The Balaban J connectivity index is 0.00000103. The van der Waals surface area contributed by atoms with Crippen molar-refractivity contribution in [3.8, 4) is 11.5 Å². The van der Waals surface area contributed by atoms with Crippen molar-refractivity contribution in [2.24, 2.45) is 0 Å². The molecule has 2 heterocycles. The Hall–Kier alpha value is -2.89. The highest BCUT2D eigenvalue weighted by molar-refractivity contribution is 7.80. The second-order valence-corrected chi connectivity index (χ2v) is 10.5. The number of urea groups is 1. The molecule has 2 aromatic rings. The van der Waals surface area contributed by atoms with E-state index >= 15 is 0 Å². The number of amides is 3. The minimum Gasteiger partial charge on any atom is -0.495 e. The normalized spacial score (nSPS) is 18.2. The zero-order chi connectivity index (χ0) is 29.4. The number of ether oxygens (including phenoxy) is 2. The molecule has 0 bridgehead atoms. The first-order valence-corrected chi connectivity index (χ1v) is 14.4. The van der Waals surface area contributed by atoms with Gasteiger partial charge in [-0.3, -0.25) is 14.6 Å². The van der Waals surface area contributed by atoms with Crippen LogP contribution in [-0.2, 0) is 11.3 Å². The Morgan fingerprint density at radius 1 is 1.20 bits per heavy atom. The number of carbonyl (C=O) groups is 2. The van der Waals surface area contributed by atoms with Crippen molar-refractivity contribution in [2.45, 2.75) is 57.7 Å². The maximum Gasteiger partial charge on any atom is 0.330 e. The first kappa shape index (κ1) is 31.6. The van der Waals surface area contributed by atoms with Gasteiger partial charge in [-0.05, 0) is 31.1 Å². The Bertz CT molecular complexity index is 1200. The summed E-state index contributed by atoms with van der Waals surface area (Å²) in [5.41, 5.74) is 0.985. The maximum absolute atomic E-state index is 13.4. The van der Waals surface area contributed by atoms with Gasteiger partial charge in [0.15, 0.2) is 0 Å². The molecule has 2 atom stereocenters. The molecule has 40 heavy (non-hydrogen) atoms. The van der Waals surface area contributed by atoms with E-state index in [9.17, 15) is 9.59 Å². The van der Waals surface area contributed by atoms with Crippen molar-refractivity contribution in [3.63, 3.8) is 0 Å². The Morgan fingerprint density at radius 3 is 2.35 bits per heavy atom. The number of anilines is 3. The number of hydrogen-bond donors (Lipinski definition) is 3. The van der Waals surface area contributed by atoms with Crippen molar-refractivity contribution < 1.29 is 19.1 Å². The predicted molar refractivity (Wildman–Crippen MR) is 164 cm³/mol. The molecule has 1 aliphatic carbocycles. The number of carbonyl (C=O) groups excluding carboxylic acids is 2. The summed E-state index contributed by atoms with van der Waals surface area (Å²) in [6, 6.07) is 1.09.